The monoisotopic (exact) mass is 289 g/mol. The molecule has 3 nitrogen and oxygen atoms in total. The lowest BCUT2D eigenvalue weighted by Gasteiger charge is -2.31. The van der Waals surface area contributed by atoms with Gasteiger partial charge >= 0.3 is 5.97 Å². The van der Waals surface area contributed by atoms with E-state index in [4.69, 9.17) is 4.74 Å². The van der Waals surface area contributed by atoms with Gasteiger partial charge in [0.15, 0.2) is 0 Å². The predicted octanol–water partition coefficient (Wildman–Crippen LogP) is 3.32. The van der Waals surface area contributed by atoms with Crippen LogP contribution in [0.25, 0.3) is 0 Å². The zero-order chi connectivity index (χ0) is 14.4. The average molecular weight is 289 g/mol. The number of benzene rings is 1. The summed E-state index contributed by atoms with van der Waals surface area (Å²) >= 11 is 1.67. The first kappa shape index (κ1) is 14.8. The molecule has 0 saturated heterocycles. The molecule has 2 aromatic rings. The highest BCUT2D eigenvalue weighted by molar-refractivity contribution is 7.09. The molecule has 0 radical (unpaired) electrons. The normalized spacial score (nSPS) is 13.7. The first-order chi connectivity index (χ1) is 9.73. The molecular weight excluding hydrogens is 270 g/mol. The fraction of sp³-hybridized carbons (Fsp3) is 0.312. The molecule has 2 rings (SSSR count). The molecule has 0 aliphatic rings. The minimum Gasteiger partial charge on any atom is -0.467 e. The van der Waals surface area contributed by atoms with E-state index in [0.29, 0.717) is 13.0 Å². The van der Waals surface area contributed by atoms with Gasteiger partial charge in [-0.05, 0) is 23.4 Å². The molecule has 20 heavy (non-hydrogen) atoms. The van der Waals surface area contributed by atoms with Crippen molar-refractivity contribution in [3.05, 3.63) is 58.3 Å². The maximum atomic E-state index is 12.3. The quantitative estimate of drug-likeness (QED) is 0.829. The van der Waals surface area contributed by atoms with Crippen LogP contribution in [-0.4, -0.2) is 13.1 Å². The van der Waals surface area contributed by atoms with Crippen molar-refractivity contribution in [3.63, 3.8) is 0 Å². The van der Waals surface area contributed by atoms with E-state index < -0.39 is 5.54 Å². The number of carbonyl (C=O) groups is 1. The van der Waals surface area contributed by atoms with Gasteiger partial charge in [0.2, 0.25) is 0 Å². The van der Waals surface area contributed by atoms with Gasteiger partial charge in [0.05, 0.1) is 7.11 Å². The molecule has 106 valence electrons. The maximum Gasteiger partial charge on any atom is 0.330 e. The Hall–Kier alpha value is -1.65. The Morgan fingerprint density at radius 1 is 1.25 bits per heavy atom. The maximum absolute atomic E-state index is 12.3. The first-order valence-corrected chi connectivity index (χ1v) is 7.52. The van der Waals surface area contributed by atoms with Crippen LogP contribution in [0.2, 0.25) is 0 Å². The summed E-state index contributed by atoms with van der Waals surface area (Å²) < 4.78 is 5.03. The number of hydrogen-bond donors (Lipinski definition) is 1. The van der Waals surface area contributed by atoms with E-state index in [1.54, 1.807) is 11.3 Å². The number of esters is 1. The second-order valence-electron chi connectivity index (χ2n) is 4.55. The number of methoxy groups -OCH3 is 1. The molecule has 0 saturated carbocycles. The van der Waals surface area contributed by atoms with Crippen LogP contribution < -0.4 is 5.32 Å². The van der Waals surface area contributed by atoms with Gasteiger partial charge in [0, 0.05) is 11.4 Å². The SMILES string of the molecule is CCC(NCc1cccs1)(C(=O)OC)c1ccccc1. The third-order valence-electron chi connectivity index (χ3n) is 3.48. The third kappa shape index (κ3) is 2.92. The Morgan fingerprint density at radius 3 is 2.55 bits per heavy atom. The van der Waals surface area contributed by atoms with Crippen molar-refractivity contribution < 1.29 is 9.53 Å². The lowest BCUT2D eigenvalue weighted by Crippen LogP contribution is -2.49. The summed E-state index contributed by atoms with van der Waals surface area (Å²) in [5, 5.41) is 5.42. The summed E-state index contributed by atoms with van der Waals surface area (Å²) in [4.78, 5) is 13.5. The highest BCUT2D eigenvalue weighted by atomic mass is 32.1. The van der Waals surface area contributed by atoms with Gasteiger partial charge in [-0.15, -0.1) is 11.3 Å². The molecule has 0 fully saturated rings. The van der Waals surface area contributed by atoms with E-state index in [2.05, 4.69) is 11.4 Å². The Bertz CT molecular complexity index is 539. The molecule has 1 aromatic heterocycles. The summed E-state index contributed by atoms with van der Waals surface area (Å²) in [6.07, 6.45) is 0.634. The molecule has 0 amide bonds. The average Bonchev–Trinajstić information content (AvgIpc) is 3.02. The molecule has 0 aliphatic carbocycles. The van der Waals surface area contributed by atoms with E-state index in [1.807, 2.05) is 48.7 Å². The highest BCUT2D eigenvalue weighted by Gasteiger charge is 2.39. The van der Waals surface area contributed by atoms with Crippen LogP contribution in [0.3, 0.4) is 0 Å². The van der Waals surface area contributed by atoms with Gasteiger partial charge in [0.1, 0.15) is 5.54 Å². The molecular formula is C16H19NO2S. The van der Waals surface area contributed by atoms with Gasteiger partial charge in [-0.2, -0.15) is 0 Å². The molecule has 1 heterocycles. The summed E-state index contributed by atoms with van der Waals surface area (Å²) in [6.45, 7) is 2.64. The van der Waals surface area contributed by atoms with Crippen LogP contribution in [-0.2, 0) is 21.6 Å². The Kier molecular flexibility index (Phi) is 4.93. The summed E-state index contributed by atoms with van der Waals surface area (Å²) in [5.41, 5.74) is 0.144. The van der Waals surface area contributed by atoms with Crippen molar-refractivity contribution in [1.82, 2.24) is 5.32 Å². The summed E-state index contributed by atoms with van der Waals surface area (Å²) in [7, 11) is 1.43. The summed E-state index contributed by atoms with van der Waals surface area (Å²) in [5.74, 6) is -0.247. The van der Waals surface area contributed by atoms with Crippen molar-refractivity contribution in [1.29, 1.82) is 0 Å². The summed E-state index contributed by atoms with van der Waals surface area (Å²) in [6, 6.07) is 13.8. The molecule has 1 aromatic carbocycles. The lowest BCUT2D eigenvalue weighted by molar-refractivity contribution is -0.149. The number of rotatable bonds is 6. The highest BCUT2D eigenvalue weighted by Crippen LogP contribution is 2.27. The number of carbonyl (C=O) groups excluding carboxylic acids is 1. The molecule has 4 heteroatoms. The largest absolute Gasteiger partial charge is 0.467 e. The van der Waals surface area contributed by atoms with E-state index in [1.165, 1.54) is 12.0 Å². The Morgan fingerprint density at radius 2 is 2.00 bits per heavy atom. The second-order valence-corrected chi connectivity index (χ2v) is 5.58. The first-order valence-electron chi connectivity index (χ1n) is 6.64. The van der Waals surface area contributed by atoms with Gasteiger partial charge < -0.3 is 4.74 Å². The minimum atomic E-state index is -0.792. The molecule has 0 bridgehead atoms. The number of hydrogen-bond acceptors (Lipinski definition) is 4. The second kappa shape index (κ2) is 6.68. The van der Waals surface area contributed by atoms with E-state index in [9.17, 15) is 4.79 Å². The van der Waals surface area contributed by atoms with Crippen LogP contribution >= 0.6 is 11.3 Å². The van der Waals surface area contributed by atoms with E-state index in [-0.39, 0.29) is 5.97 Å². The Balaban J connectivity index is 2.30. The zero-order valence-electron chi connectivity index (χ0n) is 11.8. The standard InChI is InChI=1S/C16H19NO2S/c1-3-16(15(18)19-2,13-8-5-4-6-9-13)17-12-14-10-7-11-20-14/h4-11,17H,3,12H2,1-2H3. The van der Waals surface area contributed by atoms with Crippen LogP contribution in [0.4, 0.5) is 0 Å². The lowest BCUT2D eigenvalue weighted by atomic mass is 9.87. The molecule has 1 N–H and O–H groups in total. The third-order valence-corrected chi connectivity index (χ3v) is 4.35. The van der Waals surface area contributed by atoms with Gasteiger partial charge in [-0.25, -0.2) is 4.79 Å². The Labute approximate surface area is 123 Å². The van der Waals surface area contributed by atoms with Crippen LogP contribution in [0.15, 0.2) is 47.8 Å². The molecule has 0 aliphatic heterocycles. The van der Waals surface area contributed by atoms with E-state index in [0.717, 1.165) is 5.56 Å². The van der Waals surface area contributed by atoms with Crippen molar-refractivity contribution in [2.45, 2.75) is 25.4 Å². The minimum absolute atomic E-state index is 0.247. The number of thiophene rings is 1. The smallest absolute Gasteiger partial charge is 0.330 e. The van der Waals surface area contributed by atoms with E-state index >= 15 is 0 Å². The van der Waals surface area contributed by atoms with Crippen LogP contribution in [0.5, 0.6) is 0 Å². The molecule has 0 spiro atoms. The zero-order valence-corrected chi connectivity index (χ0v) is 12.6. The van der Waals surface area contributed by atoms with Crippen LogP contribution in [0.1, 0.15) is 23.8 Å². The van der Waals surface area contributed by atoms with Crippen molar-refractivity contribution in [2.75, 3.05) is 7.11 Å². The topological polar surface area (TPSA) is 38.3 Å². The predicted molar refractivity (Wildman–Crippen MR) is 81.6 cm³/mol. The molecule has 1 atom stereocenters. The fourth-order valence-corrected chi connectivity index (χ4v) is 2.96. The van der Waals surface area contributed by atoms with Gasteiger partial charge in [0.25, 0.3) is 0 Å². The van der Waals surface area contributed by atoms with Crippen LogP contribution in [0, 0.1) is 0 Å². The molecule has 1 unspecified atom stereocenters. The van der Waals surface area contributed by atoms with Crippen molar-refractivity contribution in [2.24, 2.45) is 0 Å². The fourth-order valence-electron chi connectivity index (χ4n) is 2.31. The van der Waals surface area contributed by atoms with Crippen molar-refractivity contribution in [3.8, 4) is 0 Å². The van der Waals surface area contributed by atoms with Gasteiger partial charge in [-0.1, -0.05) is 43.3 Å². The number of nitrogens with one attached hydrogen (secondary N) is 1. The number of ether oxygens (including phenoxy) is 1. The van der Waals surface area contributed by atoms with Gasteiger partial charge in [-0.3, -0.25) is 5.32 Å². The van der Waals surface area contributed by atoms with Crippen molar-refractivity contribution >= 4 is 17.3 Å².